The van der Waals surface area contributed by atoms with E-state index >= 15 is 0 Å². The summed E-state index contributed by atoms with van der Waals surface area (Å²) in [5, 5.41) is 6.89. The van der Waals surface area contributed by atoms with Gasteiger partial charge in [-0.3, -0.25) is 0 Å². The monoisotopic (exact) mass is 275 g/mol. The summed E-state index contributed by atoms with van der Waals surface area (Å²) in [6.45, 7) is 0.717. The van der Waals surface area contributed by atoms with Crippen LogP contribution < -0.4 is 5.32 Å². The Hall–Kier alpha value is -1.90. The van der Waals surface area contributed by atoms with Crippen molar-refractivity contribution in [2.24, 2.45) is 0 Å². The Labute approximate surface area is 106 Å². The minimum atomic E-state index is -4.30. The maximum atomic E-state index is 11.8. The highest BCUT2D eigenvalue weighted by atomic mass is 19.4. The van der Waals surface area contributed by atoms with Crippen LogP contribution in [0.2, 0.25) is 0 Å². The summed E-state index contributed by atoms with van der Waals surface area (Å²) < 4.78 is 41.5. The van der Waals surface area contributed by atoms with E-state index in [1.54, 1.807) is 13.0 Å². The van der Waals surface area contributed by atoms with Gasteiger partial charge in [-0.15, -0.1) is 0 Å². The lowest BCUT2D eigenvalue weighted by Gasteiger charge is -2.10. The predicted octanol–water partition coefficient (Wildman–Crippen LogP) is 1.42. The molecule has 0 aromatic carbocycles. The molecule has 0 unspecified atom stereocenters. The van der Waals surface area contributed by atoms with Gasteiger partial charge in [0.1, 0.15) is 18.8 Å². The fourth-order valence-corrected chi connectivity index (χ4v) is 1.50. The highest BCUT2D eigenvalue weighted by molar-refractivity contribution is 5.44. The average molecular weight is 275 g/mol. The third kappa shape index (κ3) is 3.78. The molecule has 0 bridgehead atoms. The first-order valence-electron chi connectivity index (χ1n) is 5.51. The van der Waals surface area contributed by atoms with E-state index in [9.17, 15) is 13.2 Å². The van der Waals surface area contributed by atoms with Crippen LogP contribution in [0.15, 0.2) is 12.4 Å². The summed E-state index contributed by atoms with van der Waals surface area (Å²) >= 11 is 0. The molecule has 1 N–H and O–H groups in total. The third-order valence-electron chi connectivity index (χ3n) is 2.20. The van der Waals surface area contributed by atoms with E-state index < -0.39 is 12.8 Å². The molecule has 0 aliphatic heterocycles. The normalized spacial score (nSPS) is 12.0. The zero-order chi connectivity index (χ0) is 13.9. The molecule has 2 aromatic rings. The number of halogens is 3. The van der Waals surface area contributed by atoms with Gasteiger partial charge < -0.3 is 10.1 Å². The molecule has 2 rings (SSSR count). The minimum Gasteiger partial charge on any atom is -0.370 e. The number of fused-ring (bicyclic) bond motifs is 1. The summed E-state index contributed by atoms with van der Waals surface area (Å²) in [5.74, 6) is 1.04. The second-order valence-electron chi connectivity index (χ2n) is 3.85. The molecule has 6 nitrogen and oxygen atoms in total. The van der Waals surface area contributed by atoms with Crippen LogP contribution in [-0.2, 0) is 4.74 Å². The van der Waals surface area contributed by atoms with Crippen molar-refractivity contribution < 1.29 is 17.9 Å². The number of nitrogens with one attached hydrogen (secondary N) is 1. The molecule has 0 amide bonds. The van der Waals surface area contributed by atoms with E-state index in [2.05, 4.69) is 25.1 Å². The zero-order valence-corrected chi connectivity index (χ0v) is 10.1. The minimum absolute atomic E-state index is 0.0585. The average Bonchev–Trinajstić information content (AvgIpc) is 2.74. The summed E-state index contributed by atoms with van der Waals surface area (Å²) in [4.78, 5) is 8.08. The van der Waals surface area contributed by atoms with E-state index in [0.29, 0.717) is 11.6 Å². The van der Waals surface area contributed by atoms with E-state index in [4.69, 9.17) is 0 Å². The van der Waals surface area contributed by atoms with Crippen molar-refractivity contribution in [3.63, 3.8) is 0 Å². The number of hydrogen-bond donors (Lipinski definition) is 1. The molecule has 0 aliphatic carbocycles. The molecule has 0 atom stereocenters. The number of nitrogens with zero attached hydrogens (tertiary/aromatic N) is 4. The number of aryl methyl sites for hydroxylation is 1. The Morgan fingerprint density at radius 3 is 2.95 bits per heavy atom. The van der Waals surface area contributed by atoms with Crippen LogP contribution in [-0.4, -0.2) is 45.5 Å². The molecule has 19 heavy (non-hydrogen) atoms. The second-order valence-corrected chi connectivity index (χ2v) is 3.85. The van der Waals surface area contributed by atoms with Crippen molar-refractivity contribution in [2.75, 3.05) is 25.1 Å². The Balaban J connectivity index is 1.89. The molecule has 9 heteroatoms. The fraction of sp³-hybridized carbons (Fsp3) is 0.500. The number of ether oxygens (including phenoxy) is 1. The van der Waals surface area contributed by atoms with E-state index in [1.165, 1.54) is 10.8 Å². The van der Waals surface area contributed by atoms with Crippen LogP contribution >= 0.6 is 0 Å². The van der Waals surface area contributed by atoms with E-state index in [-0.39, 0.29) is 13.2 Å². The zero-order valence-electron chi connectivity index (χ0n) is 10.1. The maximum Gasteiger partial charge on any atom is 0.411 e. The Kier molecular flexibility index (Phi) is 3.84. The van der Waals surface area contributed by atoms with Crippen molar-refractivity contribution >= 4 is 11.6 Å². The Morgan fingerprint density at radius 2 is 2.21 bits per heavy atom. The summed E-state index contributed by atoms with van der Waals surface area (Å²) in [6.07, 6.45) is -2.94. The van der Waals surface area contributed by atoms with Crippen molar-refractivity contribution in [2.45, 2.75) is 13.1 Å². The molecule has 0 spiro atoms. The molecule has 2 aromatic heterocycles. The van der Waals surface area contributed by atoms with Crippen LogP contribution in [0.3, 0.4) is 0 Å². The molecular formula is C10H12F3N5O. The van der Waals surface area contributed by atoms with Gasteiger partial charge in [0.25, 0.3) is 5.78 Å². The van der Waals surface area contributed by atoms with Gasteiger partial charge in [0.2, 0.25) is 0 Å². The summed E-state index contributed by atoms with van der Waals surface area (Å²) in [6, 6.07) is 1.73. The first-order chi connectivity index (χ1) is 8.96. The van der Waals surface area contributed by atoms with Gasteiger partial charge in [0.15, 0.2) is 0 Å². The molecule has 0 saturated heterocycles. The number of anilines is 1. The third-order valence-corrected chi connectivity index (χ3v) is 2.20. The second kappa shape index (κ2) is 5.39. The summed E-state index contributed by atoms with van der Waals surface area (Å²) in [5.41, 5.74) is 0.735. The lowest BCUT2D eigenvalue weighted by Crippen LogP contribution is -2.20. The molecule has 104 valence electrons. The molecular weight excluding hydrogens is 263 g/mol. The number of alkyl halides is 3. The predicted molar refractivity (Wildman–Crippen MR) is 60.9 cm³/mol. The van der Waals surface area contributed by atoms with Crippen LogP contribution in [0.4, 0.5) is 19.0 Å². The SMILES string of the molecule is Cc1cc(NCCOCC(F)(F)F)n2ncnc2n1. The fourth-order valence-electron chi connectivity index (χ4n) is 1.50. The van der Waals surface area contributed by atoms with Crippen molar-refractivity contribution in [3.8, 4) is 0 Å². The standard InChI is InChI=1S/C10H12F3N5O/c1-7-4-8(18-9(17-7)15-6-16-18)14-2-3-19-5-10(11,12)13/h4,6,14H,2-3,5H2,1H3. The molecule has 0 saturated carbocycles. The van der Waals surface area contributed by atoms with Gasteiger partial charge in [-0.05, 0) is 6.92 Å². The largest absolute Gasteiger partial charge is 0.411 e. The van der Waals surface area contributed by atoms with Crippen LogP contribution in [0, 0.1) is 6.92 Å². The highest BCUT2D eigenvalue weighted by Crippen LogP contribution is 2.14. The van der Waals surface area contributed by atoms with Crippen LogP contribution in [0.5, 0.6) is 0 Å². The van der Waals surface area contributed by atoms with Gasteiger partial charge in [-0.2, -0.15) is 27.8 Å². The van der Waals surface area contributed by atoms with Gasteiger partial charge in [0.05, 0.1) is 6.61 Å². The number of rotatable bonds is 5. The first kappa shape index (κ1) is 13.5. The molecule has 0 fully saturated rings. The number of aromatic nitrogens is 4. The Morgan fingerprint density at radius 1 is 1.42 bits per heavy atom. The highest BCUT2D eigenvalue weighted by Gasteiger charge is 2.27. The van der Waals surface area contributed by atoms with Gasteiger partial charge in [-0.1, -0.05) is 0 Å². The lowest BCUT2D eigenvalue weighted by atomic mass is 10.4. The molecule has 0 aliphatic rings. The van der Waals surface area contributed by atoms with Gasteiger partial charge in [-0.25, -0.2) is 4.98 Å². The first-order valence-corrected chi connectivity index (χ1v) is 5.51. The van der Waals surface area contributed by atoms with Crippen LogP contribution in [0.1, 0.15) is 5.69 Å². The lowest BCUT2D eigenvalue weighted by molar-refractivity contribution is -0.172. The smallest absolute Gasteiger partial charge is 0.370 e. The Bertz CT molecular complexity index is 554. The van der Waals surface area contributed by atoms with Gasteiger partial charge in [0, 0.05) is 18.3 Å². The molecule has 2 heterocycles. The quantitative estimate of drug-likeness (QED) is 0.836. The van der Waals surface area contributed by atoms with Crippen molar-refractivity contribution in [1.82, 2.24) is 19.6 Å². The van der Waals surface area contributed by atoms with E-state index in [0.717, 1.165) is 5.69 Å². The van der Waals surface area contributed by atoms with Gasteiger partial charge >= 0.3 is 6.18 Å². The maximum absolute atomic E-state index is 11.8. The van der Waals surface area contributed by atoms with Crippen LogP contribution in [0.25, 0.3) is 5.78 Å². The topological polar surface area (TPSA) is 64.3 Å². The number of hydrogen-bond acceptors (Lipinski definition) is 5. The summed E-state index contributed by atoms with van der Waals surface area (Å²) in [7, 11) is 0. The molecule has 0 radical (unpaired) electrons. The van der Waals surface area contributed by atoms with E-state index in [1.807, 2.05) is 0 Å². The van der Waals surface area contributed by atoms with Crippen molar-refractivity contribution in [3.05, 3.63) is 18.1 Å². The van der Waals surface area contributed by atoms with Crippen molar-refractivity contribution in [1.29, 1.82) is 0 Å².